The number of alkyl halides is 2. The molecule has 0 bridgehead atoms. The van der Waals surface area contributed by atoms with Gasteiger partial charge in [0.1, 0.15) is 15.2 Å². The van der Waals surface area contributed by atoms with Gasteiger partial charge in [-0.2, -0.15) is 0 Å². The van der Waals surface area contributed by atoms with Crippen LogP contribution in [0, 0.1) is 3.57 Å². The average molecular weight is 432 g/mol. The van der Waals surface area contributed by atoms with Gasteiger partial charge in [0, 0.05) is 14.3 Å². The predicted octanol–water partition coefficient (Wildman–Crippen LogP) is 3.31. The number of hydrogen-bond donors (Lipinski definition) is 0. The van der Waals surface area contributed by atoms with Crippen LogP contribution in [0.15, 0.2) is 15.6 Å². The number of aromatic nitrogens is 1. The Bertz CT molecular complexity index is 496. The zero-order chi connectivity index (χ0) is 11.8. The summed E-state index contributed by atoms with van der Waals surface area (Å²) in [7, 11) is 0.799. The lowest BCUT2D eigenvalue weighted by molar-refractivity contribution is 0.142. The molecular formula is C6H2BrClF2INO2S. The van der Waals surface area contributed by atoms with Crippen LogP contribution < -0.4 is 0 Å². The van der Waals surface area contributed by atoms with Gasteiger partial charge in [-0.25, -0.2) is 22.2 Å². The topological polar surface area (TPSA) is 47.0 Å². The molecule has 0 amide bonds. The molecule has 0 aliphatic heterocycles. The zero-order valence-corrected chi connectivity index (χ0v) is 12.0. The third-order valence-electron chi connectivity index (χ3n) is 1.40. The van der Waals surface area contributed by atoms with E-state index in [0.717, 1.165) is 6.07 Å². The zero-order valence-electron chi connectivity index (χ0n) is 6.72. The fraction of sp³-hybridized carbons (Fsp3) is 0.167. The molecule has 84 valence electrons. The van der Waals surface area contributed by atoms with E-state index in [1.54, 1.807) is 22.6 Å². The van der Waals surface area contributed by atoms with Crippen molar-refractivity contribution in [2.24, 2.45) is 0 Å². The van der Waals surface area contributed by atoms with Gasteiger partial charge in [-0.15, -0.1) is 0 Å². The Labute approximate surface area is 111 Å². The SMILES string of the molecule is O=S(=O)(Cl)c1cc(I)c(Br)nc1C(F)F. The minimum absolute atomic E-state index is 0.155. The molecule has 0 radical (unpaired) electrons. The highest BCUT2D eigenvalue weighted by Gasteiger charge is 2.25. The van der Waals surface area contributed by atoms with Crippen molar-refractivity contribution in [1.82, 2.24) is 4.98 Å². The van der Waals surface area contributed by atoms with E-state index in [4.69, 9.17) is 10.7 Å². The van der Waals surface area contributed by atoms with Crippen molar-refractivity contribution in [3.05, 3.63) is 19.9 Å². The first-order valence-electron chi connectivity index (χ1n) is 3.32. The van der Waals surface area contributed by atoms with Gasteiger partial charge in [-0.05, 0) is 44.6 Å². The van der Waals surface area contributed by atoms with Crippen LogP contribution in [0.4, 0.5) is 8.78 Å². The van der Waals surface area contributed by atoms with Gasteiger partial charge in [-0.3, -0.25) is 0 Å². The van der Waals surface area contributed by atoms with Crippen LogP contribution in [0.25, 0.3) is 0 Å². The van der Waals surface area contributed by atoms with Gasteiger partial charge >= 0.3 is 0 Å². The Hall–Kier alpha value is 0.460. The third kappa shape index (κ3) is 3.21. The first-order chi connectivity index (χ1) is 6.73. The standard InChI is InChI=1S/C6H2BrClF2INO2S/c7-5-2(11)1-3(15(8,13)14)4(12-5)6(9)10/h1,6H. The Kier molecular flexibility index (Phi) is 4.29. The lowest BCUT2D eigenvalue weighted by Gasteiger charge is -2.06. The van der Waals surface area contributed by atoms with E-state index in [-0.39, 0.29) is 4.60 Å². The second kappa shape index (κ2) is 4.76. The van der Waals surface area contributed by atoms with E-state index in [2.05, 4.69) is 20.9 Å². The molecule has 3 nitrogen and oxygen atoms in total. The van der Waals surface area contributed by atoms with Crippen LogP contribution in [-0.4, -0.2) is 13.4 Å². The minimum atomic E-state index is -4.21. The minimum Gasteiger partial charge on any atom is -0.237 e. The molecule has 1 heterocycles. The van der Waals surface area contributed by atoms with Crippen molar-refractivity contribution < 1.29 is 17.2 Å². The van der Waals surface area contributed by atoms with Crippen LogP contribution in [0.1, 0.15) is 12.1 Å². The highest BCUT2D eigenvalue weighted by atomic mass is 127. The molecule has 1 rings (SSSR count). The largest absolute Gasteiger partial charge is 0.281 e. The van der Waals surface area contributed by atoms with Crippen molar-refractivity contribution in [2.75, 3.05) is 0 Å². The molecule has 15 heavy (non-hydrogen) atoms. The van der Waals surface area contributed by atoms with E-state index in [9.17, 15) is 17.2 Å². The van der Waals surface area contributed by atoms with Gasteiger partial charge in [0.15, 0.2) is 0 Å². The number of hydrogen-bond acceptors (Lipinski definition) is 3. The van der Waals surface area contributed by atoms with Crippen molar-refractivity contribution >= 4 is 58.3 Å². The summed E-state index contributed by atoms with van der Waals surface area (Å²) in [5, 5.41) is 0. The summed E-state index contributed by atoms with van der Waals surface area (Å²) in [6, 6.07) is 1.04. The number of pyridine rings is 1. The first kappa shape index (κ1) is 13.5. The summed E-state index contributed by atoms with van der Waals surface area (Å²) >= 11 is 4.68. The lowest BCUT2D eigenvalue weighted by atomic mass is 10.4. The average Bonchev–Trinajstić information content (AvgIpc) is 2.06. The van der Waals surface area contributed by atoms with Crippen molar-refractivity contribution in [1.29, 1.82) is 0 Å². The van der Waals surface area contributed by atoms with Crippen LogP contribution in [-0.2, 0) is 9.05 Å². The molecule has 0 fully saturated rings. The molecule has 0 spiro atoms. The molecule has 0 unspecified atom stereocenters. The fourth-order valence-electron chi connectivity index (χ4n) is 0.814. The summed E-state index contributed by atoms with van der Waals surface area (Å²) in [6.07, 6.45) is -3.00. The molecule has 9 heteroatoms. The Morgan fingerprint density at radius 2 is 2.07 bits per heavy atom. The van der Waals surface area contributed by atoms with Crippen LogP contribution in [0.3, 0.4) is 0 Å². The second-order valence-electron chi connectivity index (χ2n) is 2.38. The maximum absolute atomic E-state index is 12.5. The van der Waals surface area contributed by atoms with Gasteiger partial charge < -0.3 is 0 Å². The summed E-state index contributed by atoms with van der Waals surface area (Å²) in [4.78, 5) is 2.77. The van der Waals surface area contributed by atoms with Gasteiger partial charge in [0.05, 0.1) is 0 Å². The van der Waals surface area contributed by atoms with Crippen LogP contribution in [0.2, 0.25) is 0 Å². The van der Waals surface area contributed by atoms with E-state index in [1.165, 1.54) is 0 Å². The van der Waals surface area contributed by atoms with Crippen molar-refractivity contribution in [2.45, 2.75) is 11.3 Å². The van der Waals surface area contributed by atoms with Crippen LogP contribution in [0.5, 0.6) is 0 Å². The first-order valence-corrected chi connectivity index (χ1v) is 7.50. The summed E-state index contributed by atoms with van der Waals surface area (Å²) in [5.74, 6) is 0. The summed E-state index contributed by atoms with van der Waals surface area (Å²) < 4.78 is 47.5. The van der Waals surface area contributed by atoms with Crippen molar-refractivity contribution in [3.8, 4) is 0 Å². The molecule has 0 aliphatic rings. The van der Waals surface area contributed by atoms with Crippen LogP contribution >= 0.6 is 49.2 Å². The maximum atomic E-state index is 12.5. The molecule has 0 saturated carbocycles. The molecule has 0 aromatic carbocycles. The van der Waals surface area contributed by atoms with Gasteiger partial charge in [0.2, 0.25) is 0 Å². The molecule has 0 atom stereocenters. The Balaban J connectivity index is 3.56. The maximum Gasteiger partial charge on any atom is 0.281 e. The van der Waals surface area contributed by atoms with Gasteiger partial charge in [0.25, 0.3) is 15.5 Å². The number of halogens is 5. The monoisotopic (exact) mass is 431 g/mol. The fourth-order valence-corrected chi connectivity index (χ4v) is 2.78. The van der Waals surface area contributed by atoms with E-state index in [0.29, 0.717) is 3.57 Å². The third-order valence-corrected chi connectivity index (χ3v) is 4.91. The Morgan fingerprint density at radius 1 is 1.53 bits per heavy atom. The smallest absolute Gasteiger partial charge is 0.237 e. The molecule has 0 aliphatic carbocycles. The lowest BCUT2D eigenvalue weighted by Crippen LogP contribution is -2.03. The number of rotatable bonds is 2. The molecular weight excluding hydrogens is 430 g/mol. The molecule has 1 aromatic rings. The molecule has 0 saturated heterocycles. The quantitative estimate of drug-likeness (QED) is 0.409. The number of nitrogens with zero attached hydrogens (tertiary/aromatic N) is 1. The van der Waals surface area contributed by atoms with E-state index in [1.807, 2.05) is 0 Å². The Morgan fingerprint density at radius 3 is 2.47 bits per heavy atom. The highest BCUT2D eigenvalue weighted by Crippen LogP contribution is 2.31. The second-order valence-corrected chi connectivity index (χ2v) is 6.83. The molecule has 0 N–H and O–H groups in total. The van der Waals surface area contributed by atoms with E-state index >= 15 is 0 Å². The summed E-state index contributed by atoms with van der Waals surface area (Å²) in [5.41, 5.74) is -0.850. The highest BCUT2D eigenvalue weighted by molar-refractivity contribution is 14.1. The normalized spacial score (nSPS) is 12.1. The predicted molar refractivity (Wildman–Crippen MR) is 62.6 cm³/mol. The molecule has 1 aromatic heterocycles. The van der Waals surface area contributed by atoms with E-state index < -0.39 is 26.1 Å². The van der Waals surface area contributed by atoms with Crippen molar-refractivity contribution in [3.63, 3.8) is 0 Å². The van der Waals surface area contributed by atoms with Gasteiger partial charge in [-0.1, -0.05) is 0 Å². The summed E-state index contributed by atoms with van der Waals surface area (Å²) in [6.45, 7) is 0.